The van der Waals surface area contributed by atoms with E-state index in [-0.39, 0.29) is 12.0 Å². The van der Waals surface area contributed by atoms with Crippen molar-refractivity contribution in [3.63, 3.8) is 0 Å². The summed E-state index contributed by atoms with van der Waals surface area (Å²) in [6.45, 7) is 7.08. The summed E-state index contributed by atoms with van der Waals surface area (Å²) in [6, 6.07) is 8.08. The van der Waals surface area contributed by atoms with Gasteiger partial charge in [0, 0.05) is 26.2 Å². The zero-order chi connectivity index (χ0) is 16.7. The minimum Gasteiger partial charge on any atom is -0.495 e. The lowest BCUT2D eigenvalue weighted by Crippen LogP contribution is -2.39. The third-order valence-electron chi connectivity index (χ3n) is 4.31. The number of carbonyl (C=O) groups excluding carboxylic acids is 1. The van der Waals surface area contributed by atoms with E-state index in [1.165, 1.54) is 0 Å². The van der Waals surface area contributed by atoms with Gasteiger partial charge in [-0.05, 0) is 37.8 Å². The first-order valence-electron chi connectivity index (χ1n) is 8.46. The third kappa shape index (κ3) is 4.61. The average molecular weight is 320 g/mol. The van der Waals surface area contributed by atoms with Crippen molar-refractivity contribution in [2.24, 2.45) is 5.92 Å². The van der Waals surface area contributed by atoms with Crippen LogP contribution in [0.4, 0.5) is 5.69 Å². The van der Waals surface area contributed by atoms with Gasteiger partial charge >= 0.3 is 0 Å². The van der Waals surface area contributed by atoms with Crippen molar-refractivity contribution in [1.29, 1.82) is 0 Å². The van der Waals surface area contributed by atoms with E-state index in [0.717, 1.165) is 30.9 Å². The molecule has 23 heavy (non-hydrogen) atoms. The van der Waals surface area contributed by atoms with Gasteiger partial charge in [-0.3, -0.25) is 4.79 Å². The van der Waals surface area contributed by atoms with Crippen molar-refractivity contribution < 1.29 is 14.3 Å². The molecule has 1 amide bonds. The predicted molar refractivity (Wildman–Crippen MR) is 92.0 cm³/mol. The number of anilines is 1. The van der Waals surface area contributed by atoms with E-state index >= 15 is 0 Å². The largest absolute Gasteiger partial charge is 0.495 e. The standard InChI is InChI=1S/C18H28N2O3/c1-4-16(23-5-2)18(21)19-12-14-10-11-20(13-14)15-8-6-7-9-17(15)22-3/h6-9,14,16H,4-5,10-13H2,1-3H3,(H,19,21)/t14-,16-/m0/s1. The summed E-state index contributed by atoms with van der Waals surface area (Å²) in [5.41, 5.74) is 1.13. The molecule has 0 bridgehead atoms. The Balaban J connectivity index is 1.85. The average Bonchev–Trinajstić information content (AvgIpc) is 3.06. The SMILES string of the molecule is CCO[C@@H](CC)C(=O)NC[C@@H]1CCN(c2ccccc2OC)C1. The molecule has 1 aromatic carbocycles. The maximum Gasteiger partial charge on any atom is 0.249 e. The maximum absolute atomic E-state index is 12.1. The lowest BCUT2D eigenvalue weighted by molar-refractivity contribution is -0.132. The second kappa shape index (κ2) is 8.77. The zero-order valence-corrected chi connectivity index (χ0v) is 14.4. The molecule has 2 rings (SSSR count). The lowest BCUT2D eigenvalue weighted by Gasteiger charge is -2.21. The fraction of sp³-hybridized carbons (Fsp3) is 0.611. The lowest BCUT2D eigenvalue weighted by atomic mass is 10.1. The number of amides is 1. The molecule has 1 saturated heterocycles. The molecule has 1 aliphatic rings. The van der Waals surface area contributed by atoms with E-state index in [2.05, 4.69) is 16.3 Å². The molecule has 2 atom stereocenters. The Morgan fingerprint density at radius 2 is 2.17 bits per heavy atom. The first kappa shape index (κ1) is 17.6. The van der Waals surface area contributed by atoms with Crippen LogP contribution in [0.25, 0.3) is 0 Å². The Morgan fingerprint density at radius 3 is 2.87 bits per heavy atom. The molecule has 128 valence electrons. The molecule has 0 spiro atoms. The van der Waals surface area contributed by atoms with Gasteiger partial charge in [-0.1, -0.05) is 19.1 Å². The molecule has 1 aliphatic heterocycles. The highest BCUT2D eigenvalue weighted by atomic mass is 16.5. The van der Waals surface area contributed by atoms with Crippen LogP contribution in [0.2, 0.25) is 0 Å². The number of nitrogens with one attached hydrogen (secondary N) is 1. The molecular weight excluding hydrogens is 292 g/mol. The second-order valence-electron chi connectivity index (χ2n) is 5.87. The summed E-state index contributed by atoms with van der Waals surface area (Å²) in [5.74, 6) is 1.37. The van der Waals surface area contributed by atoms with Gasteiger partial charge in [-0.2, -0.15) is 0 Å². The van der Waals surface area contributed by atoms with Crippen LogP contribution in [0.1, 0.15) is 26.7 Å². The van der Waals surface area contributed by atoms with E-state index in [1.807, 2.05) is 32.0 Å². The van der Waals surface area contributed by atoms with Gasteiger partial charge in [0.15, 0.2) is 0 Å². The molecule has 0 radical (unpaired) electrons. The highest BCUT2D eigenvalue weighted by Gasteiger charge is 2.25. The summed E-state index contributed by atoms with van der Waals surface area (Å²) in [5, 5.41) is 3.04. The molecule has 0 aromatic heterocycles. The predicted octanol–water partition coefficient (Wildman–Crippen LogP) is 2.45. The first-order valence-corrected chi connectivity index (χ1v) is 8.46. The number of para-hydroxylation sites is 2. The Hall–Kier alpha value is -1.75. The van der Waals surface area contributed by atoms with Crippen molar-refractivity contribution in [3.8, 4) is 5.75 Å². The number of ether oxygens (including phenoxy) is 2. The zero-order valence-electron chi connectivity index (χ0n) is 14.4. The highest BCUT2D eigenvalue weighted by Crippen LogP contribution is 2.31. The van der Waals surface area contributed by atoms with Crippen LogP contribution in [-0.2, 0) is 9.53 Å². The second-order valence-corrected chi connectivity index (χ2v) is 5.87. The molecule has 0 saturated carbocycles. The topological polar surface area (TPSA) is 50.8 Å². The number of nitrogens with zero attached hydrogens (tertiary/aromatic N) is 1. The number of methoxy groups -OCH3 is 1. The van der Waals surface area contributed by atoms with Crippen molar-refractivity contribution in [1.82, 2.24) is 5.32 Å². The van der Waals surface area contributed by atoms with Crippen molar-refractivity contribution in [3.05, 3.63) is 24.3 Å². The van der Waals surface area contributed by atoms with Crippen LogP contribution in [0.5, 0.6) is 5.75 Å². The van der Waals surface area contributed by atoms with Crippen molar-refractivity contribution in [2.45, 2.75) is 32.8 Å². The van der Waals surface area contributed by atoms with Gasteiger partial charge in [0.05, 0.1) is 12.8 Å². The van der Waals surface area contributed by atoms with E-state index in [9.17, 15) is 4.79 Å². The molecule has 1 N–H and O–H groups in total. The monoisotopic (exact) mass is 320 g/mol. The van der Waals surface area contributed by atoms with Crippen LogP contribution in [0.15, 0.2) is 24.3 Å². The quantitative estimate of drug-likeness (QED) is 0.799. The van der Waals surface area contributed by atoms with Crippen LogP contribution >= 0.6 is 0 Å². The molecule has 5 nitrogen and oxygen atoms in total. The fourth-order valence-electron chi connectivity index (χ4n) is 3.05. The highest BCUT2D eigenvalue weighted by molar-refractivity contribution is 5.80. The smallest absolute Gasteiger partial charge is 0.249 e. The molecule has 5 heteroatoms. The summed E-state index contributed by atoms with van der Waals surface area (Å²) >= 11 is 0. The Kier molecular flexibility index (Phi) is 6.71. The van der Waals surface area contributed by atoms with E-state index in [4.69, 9.17) is 9.47 Å². The van der Waals surface area contributed by atoms with Crippen LogP contribution in [0.3, 0.4) is 0 Å². The minimum absolute atomic E-state index is 0.00471. The number of hydrogen-bond acceptors (Lipinski definition) is 4. The third-order valence-corrected chi connectivity index (χ3v) is 4.31. The number of hydrogen-bond donors (Lipinski definition) is 1. The van der Waals surface area contributed by atoms with Gasteiger partial charge in [-0.25, -0.2) is 0 Å². The Labute approximate surface area is 139 Å². The van der Waals surface area contributed by atoms with Gasteiger partial charge < -0.3 is 19.7 Å². The van der Waals surface area contributed by atoms with Crippen molar-refractivity contribution >= 4 is 11.6 Å². The molecule has 0 unspecified atom stereocenters. The van der Waals surface area contributed by atoms with Crippen LogP contribution in [0, 0.1) is 5.92 Å². The Morgan fingerprint density at radius 1 is 1.39 bits per heavy atom. The van der Waals surface area contributed by atoms with E-state index in [0.29, 0.717) is 25.5 Å². The number of rotatable bonds is 8. The van der Waals surface area contributed by atoms with Gasteiger partial charge in [0.25, 0.3) is 0 Å². The first-order chi connectivity index (χ1) is 11.2. The summed E-state index contributed by atoms with van der Waals surface area (Å²) in [7, 11) is 1.70. The van der Waals surface area contributed by atoms with Gasteiger partial charge in [0.2, 0.25) is 5.91 Å². The number of benzene rings is 1. The molecule has 1 heterocycles. The summed E-state index contributed by atoms with van der Waals surface area (Å²) in [6.07, 6.45) is 1.45. The van der Waals surface area contributed by atoms with Gasteiger partial charge in [0.1, 0.15) is 11.9 Å². The molecule has 1 aromatic rings. The molecule has 0 aliphatic carbocycles. The normalized spacial score (nSPS) is 18.7. The maximum atomic E-state index is 12.1. The Bertz CT molecular complexity index is 507. The van der Waals surface area contributed by atoms with Gasteiger partial charge in [-0.15, -0.1) is 0 Å². The van der Waals surface area contributed by atoms with Crippen LogP contribution in [-0.4, -0.2) is 45.4 Å². The fourth-order valence-corrected chi connectivity index (χ4v) is 3.05. The van der Waals surface area contributed by atoms with Crippen LogP contribution < -0.4 is 15.0 Å². The molecule has 1 fully saturated rings. The van der Waals surface area contributed by atoms with E-state index < -0.39 is 0 Å². The summed E-state index contributed by atoms with van der Waals surface area (Å²) < 4.78 is 10.9. The minimum atomic E-state index is -0.327. The number of carbonyl (C=O) groups is 1. The molecular formula is C18H28N2O3. The van der Waals surface area contributed by atoms with E-state index in [1.54, 1.807) is 7.11 Å². The summed E-state index contributed by atoms with van der Waals surface area (Å²) in [4.78, 5) is 14.4. The van der Waals surface area contributed by atoms with Crippen molar-refractivity contribution in [2.75, 3.05) is 38.3 Å².